The third-order valence-electron chi connectivity index (χ3n) is 6.43. The maximum atomic E-state index is 14.5. The van der Waals surface area contributed by atoms with E-state index >= 15 is 0 Å². The van der Waals surface area contributed by atoms with Crippen LogP contribution in [0.15, 0.2) is 60.7 Å². The van der Waals surface area contributed by atoms with Crippen LogP contribution < -0.4 is 10.1 Å². The van der Waals surface area contributed by atoms with Gasteiger partial charge in [0.05, 0.1) is 19.7 Å². The number of benzene rings is 2. The SMILES string of the molecule is COc1cc(C(=O)N2CC(F)CC2C(=O)NC(c2ccccc2)c2ccc(C(C)C)cc2)nn1C. The molecular weight excluding hydrogens is 447 g/mol. The summed E-state index contributed by atoms with van der Waals surface area (Å²) in [6, 6.07) is 17.9. The van der Waals surface area contributed by atoms with Crippen LogP contribution in [0.4, 0.5) is 4.39 Å². The van der Waals surface area contributed by atoms with Gasteiger partial charge in [-0.05, 0) is 22.6 Å². The molecule has 0 saturated carbocycles. The molecule has 7 nitrogen and oxygen atoms in total. The van der Waals surface area contributed by atoms with E-state index in [1.54, 1.807) is 7.05 Å². The second kappa shape index (κ2) is 10.3. The van der Waals surface area contributed by atoms with Crippen LogP contribution in [-0.2, 0) is 11.8 Å². The Balaban J connectivity index is 1.60. The highest BCUT2D eigenvalue weighted by molar-refractivity contribution is 5.97. The van der Waals surface area contributed by atoms with Gasteiger partial charge < -0.3 is 15.0 Å². The number of halogens is 1. The third kappa shape index (κ3) is 5.21. The van der Waals surface area contributed by atoms with Gasteiger partial charge in [0, 0.05) is 19.5 Å². The number of aromatic nitrogens is 2. The number of carbonyl (C=O) groups excluding carboxylic acids is 2. The number of ether oxygens (including phenoxy) is 1. The van der Waals surface area contributed by atoms with E-state index in [0.717, 1.165) is 11.1 Å². The van der Waals surface area contributed by atoms with E-state index in [-0.39, 0.29) is 18.7 Å². The molecule has 2 amide bonds. The van der Waals surface area contributed by atoms with E-state index < -0.39 is 30.1 Å². The zero-order valence-electron chi connectivity index (χ0n) is 20.4. The summed E-state index contributed by atoms with van der Waals surface area (Å²) in [5.74, 6) is -0.108. The predicted molar refractivity (Wildman–Crippen MR) is 131 cm³/mol. The molecule has 0 spiro atoms. The van der Waals surface area contributed by atoms with Gasteiger partial charge in [0.15, 0.2) is 5.69 Å². The Kier molecular flexibility index (Phi) is 7.19. The molecule has 35 heavy (non-hydrogen) atoms. The lowest BCUT2D eigenvalue weighted by atomic mass is 9.95. The molecule has 3 unspecified atom stereocenters. The van der Waals surface area contributed by atoms with Crippen molar-refractivity contribution in [2.24, 2.45) is 7.05 Å². The number of rotatable bonds is 7. The van der Waals surface area contributed by atoms with Crippen molar-refractivity contribution >= 4 is 11.8 Å². The van der Waals surface area contributed by atoms with Gasteiger partial charge in [0.1, 0.15) is 12.2 Å². The lowest BCUT2D eigenvalue weighted by Crippen LogP contribution is -2.47. The van der Waals surface area contributed by atoms with Crippen molar-refractivity contribution in [2.45, 2.75) is 44.4 Å². The fourth-order valence-electron chi connectivity index (χ4n) is 4.47. The monoisotopic (exact) mass is 478 g/mol. The Bertz CT molecular complexity index is 1180. The molecule has 3 atom stereocenters. The van der Waals surface area contributed by atoms with Crippen molar-refractivity contribution < 1.29 is 18.7 Å². The van der Waals surface area contributed by atoms with Crippen LogP contribution in [0, 0.1) is 0 Å². The van der Waals surface area contributed by atoms with Crippen molar-refractivity contribution in [1.29, 1.82) is 0 Å². The molecular formula is C27H31FN4O3. The zero-order valence-corrected chi connectivity index (χ0v) is 20.4. The number of hydrogen-bond acceptors (Lipinski definition) is 4. The molecule has 0 radical (unpaired) electrons. The molecule has 1 saturated heterocycles. The van der Waals surface area contributed by atoms with E-state index in [4.69, 9.17) is 4.74 Å². The molecule has 0 aliphatic carbocycles. The Morgan fingerprint density at radius 1 is 1.06 bits per heavy atom. The largest absolute Gasteiger partial charge is 0.481 e. The first-order valence-corrected chi connectivity index (χ1v) is 11.8. The first-order valence-electron chi connectivity index (χ1n) is 11.8. The first-order chi connectivity index (χ1) is 16.8. The number of amides is 2. The minimum absolute atomic E-state index is 0.0602. The maximum absolute atomic E-state index is 14.5. The summed E-state index contributed by atoms with van der Waals surface area (Å²) in [6.07, 6.45) is -1.35. The standard InChI is InChI=1S/C27H31FN4O3/c1-17(2)18-10-12-20(13-11-18)25(19-8-6-5-7-9-19)29-26(33)23-14-21(28)16-32(23)27(34)22-15-24(35-4)31(3)30-22/h5-13,15,17,21,23,25H,14,16H2,1-4H3,(H,29,33). The van der Waals surface area contributed by atoms with E-state index in [1.807, 2.05) is 42.5 Å². The summed E-state index contributed by atoms with van der Waals surface area (Å²) in [4.78, 5) is 27.9. The number of alkyl halides is 1. The van der Waals surface area contributed by atoms with Gasteiger partial charge in [-0.3, -0.25) is 9.59 Å². The summed E-state index contributed by atoms with van der Waals surface area (Å²) >= 11 is 0. The molecule has 4 rings (SSSR count). The Morgan fingerprint density at radius 3 is 2.29 bits per heavy atom. The van der Waals surface area contributed by atoms with Crippen molar-refractivity contribution in [2.75, 3.05) is 13.7 Å². The van der Waals surface area contributed by atoms with Gasteiger partial charge in [-0.1, -0.05) is 68.4 Å². The van der Waals surface area contributed by atoms with Gasteiger partial charge in [0.25, 0.3) is 5.91 Å². The highest BCUT2D eigenvalue weighted by atomic mass is 19.1. The second-order valence-corrected chi connectivity index (χ2v) is 9.18. The molecule has 8 heteroatoms. The normalized spacial score (nSPS) is 18.5. The number of likely N-dealkylation sites (tertiary alicyclic amines) is 1. The second-order valence-electron chi connectivity index (χ2n) is 9.18. The van der Waals surface area contributed by atoms with E-state index in [9.17, 15) is 14.0 Å². The van der Waals surface area contributed by atoms with Gasteiger partial charge in [0.2, 0.25) is 11.8 Å². The molecule has 2 aromatic carbocycles. The Morgan fingerprint density at radius 2 is 1.69 bits per heavy atom. The number of carbonyl (C=O) groups is 2. The summed E-state index contributed by atoms with van der Waals surface area (Å²) < 4.78 is 21.1. The Labute approximate surface area is 204 Å². The van der Waals surface area contributed by atoms with Gasteiger partial charge in [-0.25, -0.2) is 9.07 Å². The summed E-state index contributed by atoms with van der Waals surface area (Å²) in [5.41, 5.74) is 3.13. The summed E-state index contributed by atoms with van der Waals surface area (Å²) in [6.45, 7) is 4.10. The summed E-state index contributed by atoms with van der Waals surface area (Å²) in [7, 11) is 3.13. The maximum Gasteiger partial charge on any atom is 0.275 e. The number of nitrogens with one attached hydrogen (secondary N) is 1. The molecule has 1 N–H and O–H groups in total. The molecule has 1 aromatic heterocycles. The van der Waals surface area contributed by atoms with Gasteiger partial charge in [-0.2, -0.15) is 5.10 Å². The zero-order chi connectivity index (χ0) is 25.1. The molecule has 2 heterocycles. The minimum Gasteiger partial charge on any atom is -0.481 e. The third-order valence-corrected chi connectivity index (χ3v) is 6.43. The fraction of sp³-hybridized carbons (Fsp3) is 0.370. The van der Waals surface area contributed by atoms with Crippen LogP contribution in [-0.4, -0.2) is 52.4 Å². The summed E-state index contributed by atoms with van der Waals surface area (Å²) in [5, 5.41) is 7.24. The van der Waals surface area contributed by atoms with Crippen molar-refractivity contribution in [3.8, 4) is 5.88 Å². The molecule has 3 aromatic rings. The average Bonchev–Trinajstić information content (AvgIpc) is 3.44. The van der Waals surface area contributed by atoms with Crippen LogP contribution in [0.25, 0.3) is 0 Å². The lowest BCUT2D eigenvalue weighted by Gasteiger charge is -2.26. The predicted octanol–water partition coefficient (Wildman–Crippen LogP) is 4.01. The van der Waals surface area contributed by atoms with E-state index in [1.165, 1.54) is 28.3 Å². The number of nitrogens with zero attached hydrogens (tertiary/aromatic N) is 3. The molecule has 184 valence electrons. The van der Waals surface area contributed by atoms with Crippen LogP contribution in [0.1, 0.15) is 59.4 Å². The van der Waals surface area contributed by atoms with Gasteiger partial charge in [-0.15, -0.1) is 0 Å². The molecule has 0 bridgehead atoms. The topological polar surface area (TPSA) is 76.5 Å². The Hall–Kier alpha value is -3.68. The van der Waals surface area contributed by atoms with E-state index in [0.29, 0.717) is 11.8 Å². The van der Waals surface area contributed by atoms with Crippen LogP contribution >= 0.6 is 0 Å². The molecule has 1 aliphatic heterocycles. The number of hydrogen-bond donors (Lipinski definition) is 1. The van der Waals surface area contributed by atoms with Crippen molar-refractivity contribution in [1.82, 2.24) is 20.0 Å². The van der Waals surface area contributed by atoms with Crippen molar-refractivity contribution in [3.05, 3.63) is 83.0 Å². The molecule has 1 aliphatic rings. The fourth-order valence-corrected chi connectivity index (χ4v) is 4.47. The smallest absolute Gasteiger partial charge is 0.275 e. The lowest BCUT2D eigenvalue weighted by molar-refractivity contribution is -0.125. The van der Waals surface area contributed by atoms with Crippen LogP contribution in [0.3, 0.4) is 0 Å². The van der Waals surface area contributed by atoms with Crippen molar-refractivity contribution in [3.63, 3.8) is 0 Å². The highest BCUT2D eigenvalue weighted by Crippen LogP contribution is 2.28. The highest BCUT2D eigenvalue weighted by Gasteiger charge is 2.41. The van der Waals surface area contributed by atoms with E-state index in [2.05, 4.69) is 36.4 Å². The quantitative estimate of drug-likeness (QED) is 0.557. The minimum atomic E-state index is -1.29. The number of methoxy groups -OCH3 is 1. The number of aryl methyl sites for hydroxylation is 1. The first kappa shape index (κ1) is 24.4. The average molecular weight is 479 g/mol. The van der Waals surface area contributed by atoms with Gasteiger partial charge >= 0.3 is 0 Å². The van der Waals surface area contributed by atoms with Crippen LogP contribution in [0.2, 0.25) is 0 Å². The van der Waals surface area contributed by atoms with Crippen LogP contribution in [0.5, 0.6) is 5.88 Å². The molecule has 1 fully saturated rings.